The summed E-state index contributed by atoms with van der Waals surface area (Å²) in [4.78, 5) is 10.5. The molecule has 2 aromatic rings. The zero-order chi connectivity index (χ0) is 25.8. The van der Waals surface area contributed by atoms with Crippen LogP contribution in [0, 0.1) is 3.95 Å². The van der Waals surface area contributed by atoms with Crippen LogP contribution >= 0.6 is 23.6 Å². The van der Waals surface area contributed by atoms with Crippen molar-refractivity contribution in [1.82, 2.24) is 4.57 Å². The molecule has 1 aromatic carbocycles. The second kappa shape index (κ2) is 14.7. The van der Waals surface area contributed by atoms with Crippen LogP contribution in [0.2, 0.25) is 0 Å². The maximum Gasteiger partial charge on any atom is 0.270 e. The largest absolute Gasteiger partial charge is 0.370 e. The van der Waals surface area contributed by atoms with E-state index in [9.17, 15) is 13.6 Å². The highest BCUT2D eigenvalue weighted by atomic mass is 32.1. The molecule has 0 aliphatic rings. The number of hydrogen-bond acceptors (Lipinski definition) is 3. The number of amides is 1. The zero-order valence-corrected chi connectivity index (χ0v) is 22.0. The third-order valence-electron chi connectivity index (χ3n) is 4.74. The number of hydrogen-bond donors (Lipinski definition) is 1. The van der Waals surface area contributed by atoms with Crippen molar-refractivity contribution in [2.45, 2.75) is 66.3 Å². The molecule has 0 aliphatic carbocycles. The summed E-state index contributed by atoms with van der Waals surface area (Å²) in [7, 11) is 0. The minimum Gasteiger partial charge on any atom is -0.370 e. The molecule has 2 rings (SSSR count). The van der Waals surface area contributed by atoms with E-state index in [0.29, 0.717) is 19.4 Å². The van der Waals surface area contributed by atoms with Gasteiger partial charge >= 0.3 is 0 Å². The molecular weight excluding hydrogens is 458 g/mol. The van der Waals surface area contributed by atoms with E-state index < -0.39 is 5.92 Å². The summed E-state index contributed by atoms with van der Waals surface area (Å²) in [6, 6.07) is 6.33. The third-order valence-corrected chi connectivity index (χ3v) is 6.09. The second-order valence-corrected chi connectivity index (χ2v) is 8.80. The average molecular weight is 495 g/mol. The van der Waals surface area contributed by atoms with Crippen molar-refractivity contribution in [2.24, 2.45) is 5.73 Å². The van der Waals surface area contributed by atoms with E-state index in [-0.39, 0.29) is 11.5 Å². The molecule has 7 heteroatoms. The molecule has 1 heterocycles. The fourth-order valence-corrected chi connectivity index (χ4v) is 4.11. The lowest BCUT2D eigenvalue weighted by Gasteiger charge is -2.13. The number of allylic oxidation sites excluding steroid dienone is 3. The fraction of sp³-hybridized carbons (Fsp3) is 0.385. The number of carbonyl (C=O) groups is 1. The molecule has 3 nitrogen and oxygen atoms in total. The van der Waals surface area contributed by atoms with Crippen molar-refractivity contribution in [3.05, 3.63) is 67.5 Å². The first-order valence-corrected chi connectivity index (χ1v) is 12.1. The van der Waals surface area contributed by atoms with E-state index in [0.717, 1.165) is 43.9 Å². The van der Waals surface area contributed by atoms with Crippen LogP contribution in [0.4, 0.5) is 8.78 Å². The molecule has 2 N–H and O–H groups in total. The summed E-state index contributed by atoms with van der Waals surface area (Å²) in [6.45, 7) is 21.3. The van der Waals surface area contributed by atoms with E-state index in [2.05, 4.69) is 26.7 Å². The molecule has 0 fully saturated rings. The van der Waals surface area contributed by atoms with Crippen molar-refractivity contribution in [3.63, 3.8) is 0 Å². The van der Waals surface area contributed by atoms with Gasteiger partial charge in [0.2, 0.25) is 5.91 Å². The topological polar surface area (TPSA) is 48.0 Å². The predicted molar refractivity (Wildman–Crippen MR) is 142 cm³/mol. The average Bonchev–Trinajstić information content (AvgIpc) is 3.01. The van der Waals surface area contributed by atoms with Crippen molar-refractivity contribution in [1.29, 1.82) is 0 Å². The molecule has 0 saturated heterocycles. The normalized spacial score (nSPS) is 11.1. The second-order valence-electron chi connectivity index (χ2n) is 7.07. The van der Waals surface area contributed by atoms with Crippen molar-refractivity contribution in [2.75, 3.05) is 0 Å². The van der Waals surface area contributed by atoms with Crippen LogP contribution < -0.4 is 15.6 Å². The van der Waals surface area contributed by atoms with Crippen LogP contribution in [0.25, 0.3) is 18.7 Å². The summed E-state index contributed by atoms with van der Waals surface area (Å²) in [5.41, 5.74) is 8.01. The number of rotatable bonds is 8. The van der Waals surface area contributed by atoms with Crippen molar-refractivity contribution < 1.29 is 13.6 Å². The first-order valence-electron chi connectivity index (χ1n) is 10.9. The van der Waals surface area contributed by atoms with Crippen molar-refractivity contribution >= 4 is 48.2 Å². The van der Waals surface area contributed by atoms with Gasteiger partial charge in [-0.1, -0.05) is 70.8 Å². The van der Waals surface area contributed by atoms with Gasteiger partial charge in [-0.05, 0) is 48.7 Å². The van der Waals surface area contributed by atoms with Crippen molar-refractivity contribution in [3.8, 4) is 0 Å². The summed E-state index contributed by atoms with van der Waals surface area (Å²) >= 11 is 6.57. The van der Waals surface area contributed by atoms with Crippen LogP contribution in [-0.4, -0.2) is 10.5 Å². The number of primary amides is 1. The standard InChI is InChI=1S/C15H18F2.C9H12N2OS2.C2H6/c1-5-12(6-2)11(3)13-7-9-14(10-8-13)15(4,16)17;1-6-7(2)14-9(13)11(6)5-3-4-8(10)12;1-2/h5,7-10H,3,6H2,1-2,4H3;1-5H2,(H2,10,12);1-2H3/b12-5-;;. The molecule has 0 radical (unpaired) electrons. The molecule has 0 atom stereocenters. The molecule has 1 amide bonds. The number of carbonyl (C=O) groups excluding carboxylic acids is 1. The first kappa shape index (κ1) is 30.6. The number of benzene rings is 1. The van der Waals surface area contributed by atoms with Crippen LogP contribution in [-0.2, 0) is 17.3 Å². The number of nitrogens with zero attached hydrogens (tertiary/aromatic N) is 1. The van der Waals surface area contributed by atoms with Gasteiger partial charge in [-0.3, -0.25) is 4.79 Å². The SMILES string of the molecule is C=C(/C(=C\C)CC)c1ccc(C(C)(F)F)cc1.C=c1sc(=S)n(CCCC(N)=O)c1=C.CC. The number of halogens is 2. The Morgan fingerprint density at radius 1 is 1.24 bits per heavy atom. The molecule has 182 valence electrons. The zero-order valence-electron chi connectivity index (χ0n) is 20.3. The Morgan fingerprint density at radius 3 is 2.15 bits per heavy atom. The molecular formula is C26H36F2N2OS2. The van der Waals surface area contributed by atoms with Crippen LogP contribution in [0.5, 0.6) is 0 Å². The van der Waals surface area contributed by atoms with Gasteiger partial charge < -0.3 is 10.3 Å². The third kappa shape index (κ3) is 9.96. The molecule has 0 spiro atoms. The summed E-state index contributed by atoms with van der Waals surface area (Å²) in [6.07, 6.45) is 3.97. The molecule has 0 bridgehead atoms. The Morgan fingerprint density at radius 2 is 1.79 bits per heavy atom. The van der Waals surface area contributed by atoms with Gasteiger partial charge in [-0.15, -0.1) is 11.3 Å². The van der Waals surface area contributed by atoms with Crippen LogP contribution in [0.3, 0.4) is 0 Å². The van der Waals surface area contributed by atoms with Gasteiger partial charge in [0.1, 0.15) is 0 Å². The van der Waals surface area contributed by atoms with Gasteiger partial charge in [0, 0.05) is 30.0 Å². The lowest BCUT2D eigenvalue weighted by molar-refractivity contribution is -0.118. The Balaban J connectivity index is 0.000000586. The fourth-order valence-electron chi connectivity index (χ4n) is 2.86. The highest BCUT2D eigenvalue weighted by Gasteiger charge is 2.23. The predicted octanol–water partition coefficient (Wildman–Crippen LogP) is 6.56. The Kier molecular flexibility index (Phi) is 13.6. The van der Waals surface area contributed by atoms with E-state index in [4.69, 9.17) is 18.0 Å². The lowest BCUT2D eigenvalue weighted by atomic mass is 9.96. The monoisotopic (exact) mass is 494 g/mol. The van der Waals surface area contributed by atoms with E-state index in [1.165, 1.54) is 23.5 Å². The number of alkyl halides is 2. The highest BCUT2D eigenvalue weighted by Crippen LogP contribution is 2.29. The van der Waals surface area contributed by atoms with E-state index in [1.807, 2.05) is 31.4 Å². The first-order chi connectivity index (χ1) is 15.4. The smallest absolute Gasteiger partial charge is 0.270 e. The Hall–Kier alpha value is -2.38. The van der Waals surface area contributed by atoms with E-state index >= 15 is 0 Å². The quantitative estimate of drug-likeness (QED) is 0.334. The number of nitrogens with two attached hydrogens (primary N) is 1. The van der Waals surface area contributed by atoms with Gasteiger partial charge in [-0.25, -0.2) is 8.78 Å². The Labute approximate surface area is 205 Å². The lowest BCUT2D eigenvalue weighted by Crippen LogP contribution is -2.26. The van der Waals surface area contributed by atoms with Gasteiger partial charge in [0.25, 0.3) is 5.92 Å². The number of aromatic nitrogens is 1. The van der Waals surface area contributed by atoms with Gasteiger partial charge in [-0.2, -0.15) is 0 Å². The Bertz CT molecular complexity index is 1090. The van der Waals surface area contributed by atoms with Crippen LogP contribution in [0.15, 0.2) is 42.5 Å². The molecule has 33 heavy (non-hydrogen) atoms. The van der Waals surface area contributed by atoms with Gasteiger partial charge in [0.05, 0.1) is 5.35 Å². The highest BCUT2D eigenvalue weighted by molar-refractivity contribution is 7.73. The van der Waals surface area contributed by atoms with E-state index in [1.54, 1.807) is 12.1 Å². The maximum atomic E-state index is 13.0. The molecule has 1 aromatic heterocycles. The minimum atomic E-state index is -2.78. The maximum absolute atomic E-state index is 13.0. The molecule has 0 saturated carbocycles. The van der Waals surface area contributed by atoms with Gasteiger partial charge in [0.15, 0.2) is 3.95 Å². The molecule has 0 aliphatic heterocycles. The summed E-state index contributed by atoms with van der Waals surface area (Å²) < 4.78 is 29.6. The van der Waals surface area contributed by atoms with Crippen LogP contribution in [0.1, 0.15) is 65.0 Å². The molecule has 0 unspecified atom stereocenters. The minimum absolute atomic E-state index is 0.0348. The number of thiazole rings is 1. The summed E-state index contributed by atoms with van der Waals surface area (Å²) in [5.74, 6) is -3.07. The summed E-state index contributed by atoms with van der Waals surface area (Å²) in [5, 5.41) is 0.837.